The molecule has 0 aliphatic rings. The van der Waals surface area contributed by atoms with Crippen molar-refractivity contribution >= 4 is 5.91 Å². The van der Waals surface area contributed by atoms with Crippen molar-refractivity contribution in [2.45, 2.75) is 33.7 Å². The summed E-state index contributed by atoms with van der Waals surface area (Å²) in [6.07, 6.45) is 0.540. The summed E-state index contributed by atoms with van der Waals surface area (Å²) in [6.45, 7) is 8.70. The summed E-state index contributed by atoms with van der Waals surface area (Å²) in [7, 11) is 0. The minimum Gasteiger partial charge on any atom is -0.352 e. The van der Waals surface area contributed by atoms with Crippen molar-refractivity contribution in [2.75, 3.05) is 13.1 Å². The van der Waals surface area contributed by atoms with E-state index in [-0.39, 0.29) is 5.91 Å². The lowest BCUT2D eigenvalue weighted by Gasteiger charge is -2.08. The van der Waals surface area contributed by atoms with Crippen LogP contribution in [0.25, 0.3) is 0 Å². The number of rotatable bonds is 7. The molecule has 0 saturated carbocycles. The molecular weight excluding hydrogens is 224 g/mol. The Bertz CT molecular complexity index is 375. The van der Waals surface area contributed by atoms with Gasteiger partial charge in [0.1, 0.15) is 0 Å². The smallest absolute Gasteiger partial charge is 0.221 e. The van der Waals surface area contributed by atoms with Gasteiger partial charge in [-0.25, -0.2) is 0 Å². The van der Waals surface area contributed by atoms with Crippen molar-refractivity contribution in [1.82, 2.24) is 10.6 Å². The third-order valence-electron chi connectivity index (χ3n) is 2.65. The number of carbonyl (C=O) groups is 1. The van der Waals surface area contributed by atoms with Crippen LogP contribution in [-0.4, -0.2) is 19.0 Å². The topological polar surface area (TPSA) is 41.1 Å². The third-order valence-corrected chi connectivity index (χ3v) is 2.65. The highest BCUT2D eigenvalue weighted by Gasteiger charge is 2.01. The molecule has 100 valence electrons. The Labute approximate surface area is 110 Å². The van der Waals surface area contributed by atoms with E-state index in [1.54, 1.807) is 0 Å². The number of carbonyl (C=O) groups excluding carboxylic acids is 1. The normalized spacial score (nSPS) is 10.7. The molecule has 18 heavy (non-hydrogen) atoms. The second kappa shape index (κ2) is 7.88. The second-order valence-electron chi connectivity index (χ2n) is 5.11. The van der Waals surface area contributed by atoms with E-state index < -0.39 is 0 Å². The van der Waals surface area contributed by atoms with Crippen LogP contribution in [0.5, 0.6) is 0 Å². The molecule has 0 aliphatic heterocycles. The Morgan fingerprint density at radius 3 is 2.78 bits per heavy atom. The molecule has 1 amide bonds. The molecule has 0 saturated heterocycles. The summed E-state index contributed by atoms with van der Waals surface area (Å²) >= 11 is 0. The van der Waals surface area contributed by atoms with Crippen LogP contribution < -0.4 is 10.6 Å². The van der Waals surface area contributed by atoms with Crippen LogP contribution >= 0.6 is 0 Å². The quantitative estimate of drug-likeness (QED) is 0.727. The van der Waals surface area contributed by atoms with Gasteiger partial charge >= 0.3 is 0 Å². The van der Waals surface area contributed by atoms with E-state index in [1.165, 1.54) is 5.56 Å². The summed E-state index contributed by atoms with van der Waals surface area (Å²) in [5, 5.41) is 6.20. The molecule has 0 aliphatic carbocycles. The van der Waals surface area contributed by atoms with Gasteiger partial charge in [0.05, 0.1) is 0 Å². The van der Waals surface area contributed by atoms with Gasteiger partial charge in [0.25, 0.3) is 0 Å². The van der Waals surface area contributed by atoms with Gasteiger partial charge in [0.15, 0.2) is 0 Å². The van der Waals surface area contributed by atoms with Crippen molar-refractivity contribution < 1.29 is 4.79 Å². The Balaban J connectivity index is 2.17. The number of benzene rings is 1. The molecule has 0 heterocycles. The van der Waals surface area contributed by atoms with E-state index in [1.807, 2.05) is 12.1 Å². The molecule has 0 aromatic heterocycles. The van der Waals surface area contributed by atoms with E-state index in [0.717, 1.165) is 18.7 Å². The maximum absolute atomic E-state index is 11.6. The SMILES string of the molecule is Cc1cccc(CNC(=O)CCNCC(C)C)c1. The van der Waals surface area contributed by atoms with Gasteiger partial charge in [-0.15, -0.1) is 0 Å². The summed E-state index contributed by atoms with van der Waals surface area (Å²) < 4.78 is 0. The Kier molecular flexibility index (Phi) is 6.44. The van der Waals surface area contributed by atoms with Crippen LogP contribution in [0.3, 0.4) is 0 Å². The van der Waals surface area contributed by atoms with E-state index in [9.17, 15) is 4.79 Å². The first-order valence-electron chi connectivity index (χ1n) is 6.61. The molecule has 3 heteroatoms. The van der Waals surface area contributed by atoms with Crippen molar-refractivity contribution in [3.05, 3.63) is 35.4 Å². The predicted octanol–water partition coefficient (Wildman–Crippen LogP) is 2.25. The second-order valence-corrected chi connectivity index (χ2v) is 5.11. The van der Waals surface area contributed by atoms with Gasteiger partial charge in [0.2, 0.25) is 5.91 Å². The third kappa shape index (κ3) is 6.40. The molecule has 0 atom stereocenters. The molecular formula is C15H24N2O. The number of aryl methyl sites for hydroxylation is 1. The fraction of sp³-hybridized carbons (Fsp3) is 0.533. The van der Waals surface area contributed by atoms with Crippen molar-refractivity contribution in [2.24, 2.45) is 5.92 Å². The molecule has 2 N–H and O–H groups in total. The molecule has 3 nitrogen and oxygen atoms in total. The van der Waals surface area contributed by atoms with Gasteiger partial charge in [0, 0.05) is 19.5 Å². The summed E-state index contributed by atoms with van der Waals surface area (Å²) in [4.78, 5) is 11.6. The maximum atomic E-state index is 11.6. The molecule has 0 fully saturated rings. The van der Waals surface area contributed by atoms with E-state index >= 15 is 0 Å². The Morgan fingerprint density at radius 2 is 2.11 bits per heavy atom. The van der Waals surface area contributed by atoms with Gasteiger partial charge in [-0.05, 0) is 24.9 Å². The largest absolute Gasteiger partial charge is 0.352 e. The van der Waals surface area contributed by atoms with Gasteiger partial charge in [-0.2, -0.15) is 0 Å². The number of hydrogen-bond donors (Lipinski definition) is 2. The lowest BCUT2D eigenvalue weighted by atomic mass is 10.1. The van der Waals surface area contributed by atoms with Gasteiger partial charge in [-0.1, -0.05) is 43.7 Å². The van der Waals surface area contributed by atoms with Crippen LogP contribution in [0.4, 0.5) is 0 Å². The van der Waals surface area contributed by atoms with Gasteiger partial charge < -0.3 is 10.6 Å². The van der Waals surface area contributed by atoms with Crippen molar-refractivity contribution in [1.29, 1.82) is 0 Å². The Morgan fingerprint density at radius 1 is 1.33 bits per heavy atom. The fourth-order valence-corrected chi connectivity index (χ4v) is 1.70. The van der Waals surface area contributed by atoms with E-state index in [0.29, 0.717) is 18.9 Å². The minimum atomic E-state index is 0.104. The summed E-state index contributed by atoms with van der Waals surface area (Å²) in [5.41, 5.74) is 2.37. The standard InChI is InChI=1S/C15H24N2O/c1-12(2)10-16-8-7-15(18)17-11-14-6-4-5-13(3)9-14/h4-6,9,12,16H,7-8,10-11H2,1-3H3,(H,17,18). The summed E-state index contributed by atoms with van der Waals surface area (Å²) in [6, 6.07) is 8.20. The molecule has 0 radical (unpaired) electrons. The van der Waals surface area contributed by atoms with Gasteiger partial charge in [-0.3, -0.25) is 4.79 Å². The minimum absolute atomic E-state index is 0.104. The predicted molar refractivity (Wildman–Crippen MR) is 75.4 cm³/mol. The van der Waals surface area contributed by atoms with Crippen molar-refractivity contribution in [3.8, 4) is 0 Å². The number of hydrogen-bond acceptors (Lipinski definition) is 2. The zero-order valence-corrected chi connectivity index (χ0v) is 11.6. The first-order valence-corrected chi connectivity index (χ1v) is 6.61. The average Bonchev–Trinajstić information content (AvgIpc) is 2.32. The van der Waals surface area contributed by atoms with Crippen LogP contribution in [0.1, 0.15) is 31.4 Å². The maximum Gasteiger partial charge on any atom is 0.221 e. The molecule has 1 aromatic rings. The lowest BCUT2D eigenvalue weighted by molar-refractivity contribution is -0.121. The van der Waals surface area contributed by atoms with Crippen LogP contribution in [-0.2, 0) is 11.3 Å². The molecule has 0 spiro atoms. The molecule has 1 rings (SSSR count). The van der Waals surface area contributed by atoms with Crippen LogP contribution in [0.2, 0.25) is 0 Å². The zero-order valence-electron chi connectivity index (χ0n) is 11.6. The van der Waals surface area contributed by atoms with E-state index in [4.69, 9.17) is 0 Å². The van der Waals surface area contributed by atoms with Crippen molar-refractivity contribution in [3.63, 3.8) is 0 Å². The van der Waals surface area contributed by atoms with Crippen LogP contribution in [0.15, 0.2) is 24.3 Å². The highest BCUT2D eigenvalue weighted by atomic mass is 16.1. The lowest BCUT2D eigenvalue weighted by Crippen LogP contribution is -2.28. The zero-order chi connectivity index (χ0) is 13.4. The molecule has 1 aromatic carbocycles. The monoisotopic (exact) mass is 248 g/mol. The number of nitrogens with one attached hydrogen (secondary N) is 2. The number of amides is 1. The fourth-order valence-electron chi connectivity index (χ4n) is 1.70. The molecule has 0 bridgehead atoms. The summed E-state index contributed by atoms with van der Waals surface area (Å²) in [5.74, 6) is 0.730. The van der Waals surface area contributed by atoms with Crippen LogP contribution in [0, 0.1) is 12.8 Å². The first kappa shape index (κ1) is 14.7. The molecule has 0 unspecified atom stereocenters. The first-order chi connectivity index (χ1) is 8.58. The highest BCUT2D eigenvalue weighted by molar-refractivity contribution is 5.76. The highest BCUT2D eigenvalue weighted by Crippen LogP contribution is 2.03. The van der Waals surface area contributed by atoms with E-state index in [2.05, 4.69) is 43.5 Å². The Hall–Kier alpha value is -1.35. The average molecular weight is 248 g/mol.